The van der Waals surface area contributed by atoms with Gasteiger partial charge in [-0.25, -0.2) is 0 Å². The largest absolute Gasteiger partial charge is 0.283 e. The van der Waals surface area contributed by atoms with E-state index in [1.807, 2.05) is 24.3 Å². The molecular weight excluding hydrogens is 290 g/mol. The van der Waals surface area contributed by atoms with Crippen LogP contribution in [0.5, 0.6) is 0 Å². The highest BCUT2D eigenvalue weighted by atomic mass is 14.8. The molecule has 0 bridgehead atoms. The first kappa shape index (κ1) is 16.4. The van der Waals surface area contributed by atoms with Crippen molar-refractivity contribution in [1.82, 2.24) is 0 Å². The van der Waals surface area contributed by atoms with Crippen molar-refractivity contribution in [2.45, 2.75) is 20.3 Å². The van der Waals surface area contributed by atoms with E-state index in [9.17, 15) is 0 Å². The highest BCUT2D eigenvalue weighted by Crippen LogP contribution is 2.53. The second-order valence-electron chi connectivity index (χ2n) is 6.75. The van der Waals surface area contributed by atoms with Crippen LogP contribution in [0.4, 0.5) is 0 Å². The van der Waals surface area contributed by atoms with Crippen molar-refractivity contribution in [2.24, 2.45) is 16.3 Å². The van der Waals surface area contributed by atoms with Crippen LogP contribution in [-0.4, -0.2) is 12.3 Å². The highest BCUT2D eigenvalue weighted by molar-refractivity contribution is 6.10. The average molecular weight is 315 g/mol. The molecule has 1 spiro atoms. The molecule has 2 unspecified atom stereocenters. The first-order chi connectivity index (χ1) is 11.6. The second kappa shape index (κ2) is 6.60. The zero-order valence-electron chi connectivity index (χ0n) is 14.6. The lowest BCUT2D eigenvalue weighted by Gasteiger charge is -2.35. The summed E-state index contributed by atoms with van der Waals surface area (Å²) in [6.45, 7) is 13.3. The lowest BCUT2D eigenvalue weighted by atomic mass is 9.71. The van der Waals surface area contributed by atoms with Gasteiger partial charge >= 0.3 is 0 Å². The molecule has 1 heterocycles. The van der Waals surface area contributed by atoms with Crippen LogP contribution < -0.4 is 0 Å². The number of aliphatic imine (C=N–C) groups is 1. The molecule has 0 amide bonds. The molecule has 1 aliphatic heterocycles. The van der Waals surface area contributed by atoms with E-state index in [2.05, 4.69) is 63.4 Å². The lowest BCUT2D eigenvalue weighted by molar-refractivity contribution is 0.410. The summed E-state index contributed by atoms with van der Waals surface area (Å²) >= 11 is 0. The van der Waals surface area contributed by atoms with E-state index in [4.69, 9.17) is 4.99 Å². The summed E-state index contributed by atoms with van der Waals surface area (Å²) in [4.78, 5) is 4.96. The van der Waals surface area contributed by atoms with Crippen LogP contribution in [0.2, 0.25) is 0 Å². The molecule has 2 aliphatic rings. The number of benzene rings is 1. The van der Waals surface area contributed by atoms with Crippen molar-refractivity contribution >= 4 is 5.71 Å². The topological polar surface area (TPSA) is 12.4 Å². The van der Waals surface area contributed by atoms with E-state index in [1.54, 1.807) is 0 Å². The van der Waals surface area contributed by atoms with Crippen molar-refractivity contribution in [1.29, 1.82) is 0 Å². The van der Waals surface area contributed by atoms with Gasteiger partial charge in [0.2, 0.25) is 0 Å². The highest BCUT2D eigenvalue weighted by Gasteiger charge is 2.44. The maximum atomic E-state index is 4.96. The molecule has 0 saturated carbocycles. The number of rotatable bonds is 4. The Balaban J connectivity index is 2.06. The number of allylic oxidation sites excluding steroid dienone is 6. The molecule has 24 heavy (non-hydrogen) atoms. The molecule has 1 aliphatic carbocycles. The Labute approximate surface area is 145 Å². The maximum Gasteiger partial charge on any atom is 0.0650 e. The van der Waals surface area contributed by atoms with Gasteiger partial charge in [-0.05, 0) is 42.0 Å². The fraction of sp³-hybridized carbons (Fsp3) is 0.261. The first-order valence-electron chi connectivity index (χ1n) is 8.57. The standard InChI is InChI=1S/C23H25N/c1-5-7-13-21-18(4)17(3)15-23(21)16-24-22(14-20(23)6-2)19-11-9-8-10-12-19/h5-14,17H,1-2,15-16H2,3-4H3/b13-7-. The molecule has 0 radical (unpaired) electrons. The Kier molecular flexibility index (Phi) is 4.53. The molecule has 0 fully saturated rings. The maximum absolute atomic E-state index is 4.96. The third-order valence-corrected chi connectivity index (χ3v) is 5.39. The Bertz CT molecular complexity index is 774. The van der Waals surface area contributed by atoms with Crippen molar-refractivity contribution in [3.05, 3.63) is 96.2 Å². The summed E-state index contributed by atoms with van der Waals surface area (Å²) in [6, 6.07) is 10.4. The third kappa shape index (κ3) is 2.65. The predicted octanol–water partition coefficient (Wildman–Crippen LogP) is 5.69. The monoisotopic (exact) mass is 315 g/mol. The number of nitrogens with zero attached hydrogens (tertiary/aromatic N) is 1. The quantitative estimate of drug-likeness (QED) is 0.633. The summed E-state index contributed by atoms with van der Waals surface area (Å²) in [5.74, 6) is 0.561. The fourth-order valence-electron chi connectivity index (χ4n) is 3.99. The fourth-order valence-corrected chi connectivity index (χ4v) is 3.99. The molecule has 1 aromatic rings. The predicted molar refractivity (Wildman–Crippen MR) is 104 cm³/mol. The zero-order valence-corrected chi connectivity index (χ0v) is 14.6. The Morgan fingerprint density at radius 3 is 2.62 bits per heavy atom. The Morgan fingerprint density at radius 1 is 1.21 bits per heavy atom. The van der Waals surface area contributed by atoms with Gasteiger partial charge in [0.25, 0.3) is 0 Å². The van der Waals surface area contributed by atoms with E-state index in [1.165, 1.54) is 22.3 Å². The summed E-state index contributed by atoms with van der Waals surface area (Å²) in [6.07, 6.45) is 11.4. The van der Waals surface area contributed by atoms with Crippen LogP contribution in [0.3, 0.4) is 0 Å². The summed E-state index contributed by atoms with van der Waals surface area (Å²) in [7, 11) is 0. The minimum Gasteiger partial charge on any atom is -0.283 e. The molecule has 0 saturated heterocycles. The van der Waals surface area contributed by atoms with E-state index in [0.29, 0.717) is 5.92 Å². The van der Waals surface area contributed by atoms with Crippen molar-refractivity contribution in [2.75, 3.05) is 6.54 Å². The molecule has 1 aromatic carbocycles. The smallest absolute Gasteiger partial charge is 0.0650 e. The van der Waals surface area contributed by atoms with E-state index < -0.39 is 0 Å². The molecule has 3 rings (SSSR count). The third-order valence-electron chi connectivity index (χ3n) is 5.39. The summed E-state index contributed by atoms with van der Waals surface area (Å²) in [5, 5.41) is 0. The second-order valence-corrected chi connectivity index (χ2v) is 6.75. The Morgan fingerprint density at radius 2 is 1.96 bits per heavy atom. The van der Waals surface area contributed by atoms with Gasteiger partial charge in [-0.3, -0.25) is 4.99 Å². The van der Waals surface area contributed by atoms with Gasteiger partial charge in [0, 0.05) is 5.41 Å². The van der Waals surface area contributed by atoms with Crippen LogP contribution in [0.15, 0.2) is 95.6 Å². The average Bonchev–Trinajstić information content (AvgIpc) is 2.85. The lowest BCUT2D eigenvalue weighted by Crippen LogP contribution is -2.30. The van der Waals surface area contributed by atoms with Crippen LogP contribution in [0, 0.1) is 11.3 Å². The van der Waals surface area contributed by atoms with Crippen LogP contribution in [0.1, 0.15) is 25.8 Å². The minimum absolute atomic E-state index is 0.0387. The molecule has 1 heteroatoms. The molecule has 0 aromatic heterocycles. The first-order valence-corrected chi connectivity index (χ1v) is 8.57. The van der Waals surface area contributed by atoms with Crippen molar-refractivity contribution in [3.8, 4) is 0 Å². The molecule has 2 atom stereocenters. The molecular formula is C23H25N. The zero-order chi connectivity index (χ0) is 17.2. The van der Waals surface area contributed by atoms with Crippen molar-refractivity contribution < 1.29 is 0 Å². The molecule has 122 valence electrons. The summed E-state index contributed by atoms with van der Waals surface area (Å²) in [5.41, 5.74) is 6.31. The van der Waals surface area contributed by atoms with Crippen LogP contribution in [0.25, 0.3) is 0 Å². The normalized spacial score (nSPS) is 26.7. The van der Waals surface area contributed by atoms with Gasteiger partial charge in [0.15, 0.2) is 0 Å². The minimum atomic E-state index is -0.0387. The summed E-state index contributed by atoms with van der Waals surface area (Å²) < 4.78 is 0. The Hall–Kier alpha value is -2.41. The number of hydrogen-bond acceptors (Lipinski definition) is 1. The van der Waals surface area contributed by atoms with Gasteiger partial charge in [-0.2, -0.15) is 0 Å². The van der Waals surface area contributed by atoms with Gasteiger partial charge in [0.05, 0.1) is 12.3 Å². The molecule has 1 nitrogen and oxygen atoms in total. The molecule has 0 N–H and O–H groups in total. The number of hydrogen-bond donors (Lipinski definition) is 0. The van der Waals surface area contributed by atoms with Gasteiger partial charge in [-0.1, -0.05) is 80.3 Å². The van der Waals surface area contributed by atoms with Gasteiger partial charge in [-0.15, -0.1) is 0 Å². The van der Waals surface area contributed by atoms with Gasteiger partial charge < -0.3 is 0 Å². The van der Waals surface area contributed by atoms with E-state index in [0.717, 1.165) is 18.7 Å². The van der Waals surface area contributed by atoms with Gasteiger partial charge in [0.1, 0.15) is 0 Å². The van der Waals surface area contributed by atoms with Crippen molar-refractivity contribution in [3.63, 3.8) is 0 Å². The van der Waals surface area contributed by atoms with Crippen LogP contribution in [-0.2, 0) is 0 Å². The van der Waals surface area contributed by atoms with E-state index in [-0.39, 0.29) is 5.41 Å². The SMILES string of the molecule is C=C/C=C\C1=C(C)C(C)CC12CN=C(c1ccccc1)C=C2C=C. The van der Waals surface area contributed by atoms with Crippen LogP contribution >= 0.6 is 0 Å². The van der Waals surface area contributed by atoms with E-state index >= 15 is 0 Å². The number of dihydropyridines is 1.